The van der Waals surface area contributed by atoms with Crippen molar-refractivity contribution in [2.75, 3.05) is 30.3 Å². The van der Waals surface area contributed by atoms with Crippen LogP contribution in [0.2, 0.25) is 0 Å². The minimum atomic E-state index is -4.56. The average Bonchev–Trinajstić information content (AvgIpc) is 3.16. The summed E-state index contributed by atoms with van der Waals surface area (Å²) in [7, 11) is -3.77. The summed E-state index contributed by atoms with van der Waals surface area (Å²) in [5.74, 6) is -2.28. The van der Waals surface area contributed by atoms with E-state index in [4.69, 9.17) is 17.4 Å². The highest BCUT2D eigenvalue weighted by Crippen LogP contribution is 2.46. The number of hydrogen-bond donors (Lipinski definition) is 2. The van der Waals surface area contributed by atoms with Crippen molar-refractivity contribution in [2.45, 2.75) is 36.2 Å². The molecule has 3 atom stereocenters. The average molecular weight is 564 g/mol. The van der Waals surface area contributed by atoms with Gasteiger partial charge in [0.1, 0.15) is 23.4 Å². The summed E-state index contributed by atoms with van der Waals surface area (Å²) in [6.07, 6.45) is -4.56. The number of sulfonamides is 1. The Bertz CT molecular complexity index is 1080. The Morgan fingerprint density at radius 2 is 2.15 bits per heavy atom. The molecule has 2 aliphatic heterocycles. The molecule has 1 amide bonds. The first-order chi connectivity index (χ1) is 15.6. The van der Waals surface area contributed by atoms with Gasteiger partial charge in [-0.3, -0.25) is 9.59 Å². The standard InChI is InChI=1S/C15H20F3N7O5S4/c1-8(31)23(5-15(16,17)18)9-10(26)24-4-14(12(27)28,6-32-11(9)24)7-33-13-20-21-22-25(13)2-3-34(19,29)30/h9,11H,2-7H2,1H3,(H,27,28)(H2,19,29,30)/t9?,11-,14?/m1/s1. The topological polar surface area (TPSA) is 165 Å². The summed E-state index contributed by atoms with van der Waals surface area (Å²) < 4.78 is 62.5. The molecule has 3 rings (SSSR count). The first kappa shape index (κ1) is 26.9. The molecule has 34 heavy (non-hydrogen) atoms. The monoisotopic (exact) mass is 563 g/mol. The number of thioether (sulfide) groups is 2. The Hall–Kier alpha value is -1.70. The van der Waals surface area contributed by atoms with Gasteiger partial charge >= 0.3 is 12.1 Å². The van der Waals surface area contributed by atoms with Gasteiger partial charge in [-0.05, 0) is 17.4 Å². The molecule has 12 nitrogen and oxygen atoms in total. The Labute approximate surface area is 205 Å². The van der Waals surface area contributed by atoms with Crippen molar-refractivity contribution in [3.05, 3.63) is 0 Å². The molecular weight excluding hydrogens is 543 g/mol. The zero-order valence-electron chi connectivity index (χ0n) is 17.5. The number of aromatic nitrogens is 4. The highest BCUT2D eigenvalue weighted by molar-refractivity contribution is 8.00. The second-order valence-electron chi connectivity index (χ2n) is 7.80. The number of rotatable bonds is 9. The second-order valence-corrected chi connectivity index (χ2v) is 12.2. The third-order valence-corrected chi connectivity index (χ3v) is 9.03. The van der Waals surface area contributed by atoms with E-state index in [0.29, 0.717) is 0 Å². The van der Waals surface area contributed by atoms with E-state index in [1.165, 1.54) is 16.5 Å². The van der Waals surface area contributed by atoms with Gasteiger partial charge < -0.3 is 14.9 Å². The second kappa shape index (κ2) is 9.75. The molecule has 0 bridgehead atoms. The molecule has 3 N–H and O–H groups in total. The van der Waals surface area contributed by atoms with Crippen molar-refractivity contribution in [3.8, 4) is 0 Å². The van der Waals surface area contributed by atoms with Crippen LogP contribution in [0, 0.1) is 5.41 Å². The predicted molar refractivity (Wildman–Crippen MR) is 119 cm³/mol. The number of carboxylic acid groups (broad SMARTS) is 1. The number of amides is 1. The number of carboxylic acids is 1. The van der Waals surface area contributed by atoms with Crippen LogP contribution in [0.3, 0.4) is 0 Å². The molecule has 1 aromatic rings. The molecule has 0 radical (unpaired) electrons. The zero-order valence-corrected chi connectivity index (χ0v) is 20.8. The minimum absolute atomic E-state index is 0.0232. The molecule has 0 aliphatic carbocycles. The molecule has 0 aromatic carbocycles. The summed E-state index contributed by atoms with van der Waals surface area (Å²) in [5, 5.41) is 25.3. The molecular formula is C15H20F3N7O5S4. The lowest BCUT2D eigenvalue weighted by Crippen LogP contribution is -2.74. The van der Waals surface area contributed by atoms with Crippen LogP contribution in [0.1, 0.15) is 6.92 Å². The van der Waals surface area contributed by atoms with Crippen LogP contribution in [0.4, 0.5) is 13.2 Å². The van der Waals surface area contributed by atoms with E-state index in [1.807, 2.05) is 0 Å². The fourth-order valence-electron chi connectivity index (χ4n) is 3.49. The number of nitrogens with two attached hydrogens (primary N) is 1. The molecule has 1 aromatic heterocycles. The Morgan fingerprint density at radius 3 is 2.71 bits per heavy atom. The molecule has 19 heteroatoms. The number of primary sulfonamides is 1. The number of fused-ring (bicyclic) bond motifs is 1. The number of hydrogen-bond acceptors (Lipinski definition) is 10. The van der Waals surface area contributed by atoms with Gasteiger partial charge in [-0.1, -0.05) is 24.0 Å². The molecule has 2 unspecified atom stereocenters. The van der Waals surface area contributed by atoms with Crippen LogP contribution in [-0.2, 0) is 26.2 Å². The minimum Gasteiger partial charge on any atom is -0.481 e. The van der Waals surface area contributed by atoms with Crippen molar-refractivity contribution in [2.24, 2.45) is 10.6 Å². The van der Waals surface area contributed by atoms with E-state index in [0.717, 1.165) is 28.4 Å². The lowest BCUT2D eigenvalue weighted by atomic mass is 9.89. The largest absolute Gasteiger partial charge is 0.481 e. The van der Waals surface area contributed by atoms with Crippen molar-refractivity contribution in [3.63, 3.8) is 0 Å². The highest BCUT2D eigenvalue weighted by Gasteiger charge is 2.59. The first-order valence-electron chi connectivity index (χ1n) is 9.52. The number of thiocarbonyl (C=S) groups is 1. The van der Waals surface area contributed by atoms with E-state index in [-0.39, 0.29) is 34.7 Å². The molecule has 0 saturated carbocycles. The van der Waals surface area contributed by atoms with E-state index >= 15 is 0 Å². The quantitative estimate of drug-likeness (QED) is 0.228. The summed E-state index contributed by atoms with van der Waals surface area (Å²) in [6, 6.07) is -1.12. The number of carbonyl (C=O) groups is 2. The van der Waals surface area contributed by atoms with Gasteiger partial charge in [0, 0.05) is 18.1 Å². The Morgan fingerprint density at radius 1 is 1.47 bits per heavy atom. The zero-order chi connectivity index (χ0) is 25.5. The van der Waals surface area contributed by atoms with Crippen LogP contribution in [-0.4, -0.2) is 108 Å². The summed E-state index contributed by atoms with van der Waals surface area (Å²) in [4.78, 5) is 26.9. The smallest absolute Gasteiger partial charge is 0.405 e. The predicted octanol–water partition coefficient (Wildman–Crippen LogP) is -0.380. The lowest BCUT2D eigenvalue weighted by molar-refractivity contribution is -0.168. The molecule has 2 aliphatic rings. The third kappa shape index (κ3) is 5.92. The maximum absolute atomic E-state index is 13.0. The Balaban J connectivity index is 1.71. The van der Waals surface area contributed by atoms with E-state index in [9.17, 15) is 36.3 Å². The normalized spacial score (nSPS) is 25.0. The van der Waals surface area contributed by atoms with Crippen molar-refractivity contribution in [1.29, 1.82) is 0 Å². The highest BCUT2D eigenvalue weighted by atomic mass is 32.2. The number of aryl methyl sites for hydroxylation is 1. The third-order valence-electron chi connectivity index (χ3n) is 5.22. The lowest BCUT2D eigenvalue weighted by Gasteiger charge is -2.56. The maximum Gasteiger partial charge on any atom is 0.405 e. The summed E-state index contributed by atoms with van der Waals surface area (Å²) in [5.41, 5.74) is -1.43. The van der Waals surface area contributed by atoms with Gasteiger partial charge in [-0.2, -0.15) is 13.2 Å². The van der Waals surface area contributed by atoms with E-state index in [2.05, 4.69) is 15.5 Å². The SMILES string of the molecule is CC(=S)N(CC(F)(F)F)C1C(=O)N2CC(CSc3nnnn3CCS(N)(=O)=O)(C(=O)O)CS[C@H]12. The number of carbonyl (C=O) groups excluding carboxylic acids is 1. The van der Waals surface area contributed by atoms with Crippen LogP contribution < -0.4 is 5.14 Å². The number of alkyl halides is 3. The first-order valence-corrected chi connectivity index (χ1v) is 13.7. The van der Waals surface area contributed by atoms with Crippen molar-refractivity contribution >= 4 is 62.6 Å². The fraction of sp³-hybridized carbons (Fsp3) is 0.733. The Kier molecular flexibility index (Phi) is 7.71. The number of nitrogens with zero attached hydrogens (tertiary/aromatic N) is 6. The van der Waals surface area contributed by atoms with Gasteiger partial charge in [0.25, 0.3) is 0 Å². The number of tetrazole rings is 1. The van der Waals surface area contributed by atoms with Crippen LogP contribution in [0.15, 0.2) is 5.16 Å². The van der Waals surface area contributed by atoms with Gasteiger partial charge in [0.15, 0.2) is 0 Å². The fourth-order valence-corrected chi connectivity index (χ4v) is 6.93. The van der Waals surface area contributed by atoms with Crippen LogP contribution >= 0.6 is 35.7 Å². The summed E-state index contributed by atoms with van der Waals surface area (Å²) in [6.45, 7) is -0.408. The van der Waals surface area contributed by atoms with Gasteiger partial charge in [0.05, 0.1) is 17.3 Å². The van der Waals surface area contributed by atoms with Crippen LogP contribution in [0.25, 0.3) is 0 Å². The van der Waals surface area contributed by atoms with Gasteiger partial charge in [-0.15, -0.1) is 16.9 Å². The van der Waals surface area contributed by atoms with Crippen molar-refractivity contribution < 1.29 is 36.3 Å². The molecule has 190 valence electrons. The molecule has 0 spiro atoms. The van der Waals surface area contributed by atoms with Gasteiger partial charge in [-0.25, -0.2) is 18.2 Å². The number of aliphatic carboxylic acids is 1. The van der Waals surface area contributed by atoms with Gasteiger partial charge in [0.2, 0.25) is 21.1 Å². The van der Waals surface area contributed by atoms with Crippen LogP contribution in [0.5, 0.6) is 0 Å². The van der Waals surface area contributed by atoms with E-state index < -0.39 is 57.2 Å². The molecule has 2 fully saturated rings. The summed E-state index contributed by atoms with van der Waals surface area (Å²) >= 11 is 6.96. The van der Waals surface area contributed by atoms with E-state index in [1.54, 1.807) is 0 Å². The molecule has 3 heterocycles. The molecule has 2 saturated heterocycles. The number of halogens is 3. The number of β-lactam (4-membered cyclic amide) rings is 1. The maximum atomic E-state index is 13.0. The van der Waals surface area contributed by atoms with Crippen molar-refractivity contribution in [1.82, 2.24) is 30.0 Å².